The van der Waals surface area contributed by atoms with Gasteiger partial charge in [0.25, 0.3) is 0 Å². The highest BCUT2D eigenvalue weighted by atomic mass is 16.5. The second-order valence-corrected chi connectivity index (χ2v) is 8.53. The summed E-state index contributed by atoms with van der Waals surface area (Å²) in [5.74, 6) is 2.61. The molecule has 0 unspecified atom stereocenters. The van der Waals surface area contributed by atoms with Crippen molar-refractivity contribution < 1.29 is 9.15 Å². The first kappa shape index (κ1) is 21.6. The number of hydrogen-bond acceptors (Lipinski definition) is 7. The van der Waals surface area contributed by atoms with Crippen molar-refractivity contribution in [2.75, 3.05) is 39.8 Å². The number of rotatable bonds is 8. The van der Waals surface area contributed by atoms with E-state index in [2.05, 4.69) is 36.5 Å². The van der Waals surface area contributed by atoms with Crippen LogP contribution in [-0.4, -0.2) is 69.2 Å². The third-order valence-corrected chi connectivity index (χ3v) is 6.28. The normalized spacial score (nSPS) is 15.3. The molecule has 1 fully saturated rings. The number of nitrogens with zero attached hydrogens (tertiary/aromatic N) is 6. The monoisotopic (exact) mass is 446 g/mol. The molecule has 4 aromatic rings. The van der Waals surface area contributed by atoms with Crippen LogP contribution in [0.3, 0.4) is 0 Å². The van der Waals surface area contributed by atoms with Gasteiger partial charge in [0.05, 0.1) is 25.9 Å². The fraction of sp³-hybridized carbons (Fsp3) is 0.400. The maximum atomic E-state index is 5.41. The van der Waals surface area contributed by atoms with Crippen LogP contribution in [0.2, 0.25) is 0 Å². The van der Waals surface area contributed by atoms with Gasteiger partial charge in [0.15, 0.2) is 11.5 Å². The molecule has 8 nitrogen and oxygen atoms in total. The van der Waals surface area contributed by atoms with Gasteiger partial charge >= 0.3 is 0 Å². The number of hydrogen-bond donors (Lipinski definition) is 0. The largest absolute Gasteiger partial charge is 0.497 e. The molecule has 0 amide bonds. The zero-order valence-corrected chi connectivity index (χ0v) is 19.3. The summed E-state index contributed by atoms with van der Waals surface area (Å²) in [6, 6.07) is 12.3. The molecule has 0 aliphatic carbocycles. The highest BCUT2D eigenvalue weighted by Crippen LogP contribution is 2.18. The van der Waals surface area contributed by atoms with Crippen molar-refractivity contribution >= 4 is 11.2 Å². The number of oxazole rings is 1. The molecule has 0 N–H and O–H groups in total. The van der Waals surface area contributed by atoms with Crippen molar-refractivity contribution in [3.63, 3.8) is 0 Å². The Balaban J connectivity index is 1.20. The molecule has 5 rings (SSSR count). The van der Waals surface area contributed by atoms with Crippen LogP contribution in [0.1, 0.15) is 23.0 Å². The molecule has 172 valence electrons. The molecule has 4 heterocycles. The number of benzene rings is 1. The van der Waals surface area contributed by atoms with Crippen LogP contribution < -0.4 is 4.74 Å². The lowest BCUT2D eigenvalue weighted by molar-refractivity contribution is 0.125. The Morgan fingerprint density at radius 3 is 2.48 bits per heavy atom. The number of fused-ring (bicyclic) bond motifs is 1. The van der Waals surface area contributed by atoms with Gasteiger partial charge in [-0.3, -0.25) is 4.90 Å². The van der Waals surface area contributed by atoms with Crippen molar-refractivity contribution in [1.82, 2.24) is 29.3 Å². The molecule has 0 saturated carbocycles. The van der Waals surface area contributed by atoms with E-state index in [1.54, 1.807) is 13.4 Å². The molecule has 0 atom stereocenters. The molecule has 1 aromatic carbocycles. The Kier molecular flexibility index (Phi) is 6.37. The highest BCUT2D eigenvalue weighted by Gasteiger charge is 2.20. The van der Waals surface area contributed by atoms with Gasteiger partial charge in [-0.25, -0.2) is 15.0 Å². The molecule has 1 saturated heterocycles. The average Bonchev–Trinajstić information content (AvgIpc) is 3.42. The van der Waals surface area contributed by atoms with Crippen molar-refractivity contribution in [2.45, 2.75) is 26.4 Å². The van der Waals surface area contributed by atoms with Gasteiger partial charge in [-0.1, -0.05) is 12.1 Å². The molecule has 0 spiro atoms. The Morgan fingerprint density at radius 2 is 1.76 bits per heavy atom. The van der Waals surface area contributed by atoms with Crippen molar-refractivity contribution in [3.8, 4) is 5.75 Å². The predicted octanol–water partition coefficient (Wildman–Crippen LogP) is 3.14. The van der Waals surface area contributed by atoms with E-state index in [-0.39, 0.29) is 0 Å². The second kappa shape index (κ2) is 9.72. The zero-order chi connectivity index (χ0) is 22.6. The number of pyridine rings is 1. The van der Waals surface area contributed by atoms with Crippen LogP contribution in [-0.2, 0) is 19.5 Å². The van der Waals surface area contributed by atoms with Crippen LogP contribution in [0, 0.1) is 6.92 Å². The quantitative estimate of drug-likeness (QED) is 0.412. The summed E-state index contributed by atoms with van der Waals surface area (Å²) in [6.07, 6.45) is 4.60. The Bertz CT molecular complexity index is 1190. The predicted molar refractivity (Wildman–Crippen MR) is 126 cm³/mol. The van der Waals surface area contributed by atoms with Crippen LogP contribution in [0.25, 0.3) is 11.2 Å². The van der Waals surface area contributed by atoms with E-state index >= 15 is 0 Å². The maximum Gasteiger partial charge on any atom is 0.191 e. The second-order valence-electron chi connectivity index (χ2n) is 8.53. The Hall–Kier alpha value is -3.23. The summed E-state index contributed by atoms with van der Waals surface area (Å²) in [5, 5.41) is 0. The summed E-state index contributed by atoms with van der Waals surface area (Å²) >= 11 is 0. The average molecular weight is 447 g/mol. The Morgan fingerprint density at radius 1 is 0.970 bits per heavy atom. The van der Waals surface area contributed by atoms with Crippen LogP contribution in [0.5, 0.6) is 5.75 Å². The van der Waals surface area contributed by atoms with E-state index in [4.69, 9.17) is 14.1 Å². The van der Waals surface area contributed by atoms with Crippen LogP contribution >= 0.6 is 0 Å². The van der Waals surface area contributed by atoms with Gasteiger partial charge in [-0.2, -0.15) is 0 Å². The molecule has 33 heavy (non-hydrogen) atoms. The van der Waals surface area contributed by atoms with E-state index in [9.17, 15) is 0 Å². The minimum absolute atomic E-state index is 0.613. The number of methoxy groups -OCH3 is 1. The molecular weight excluding hydrogens is 416 g/mol. The van der Waals surface area contributed by atoms with Crippen molar-refractivity contribution in [1.29, 1.82) is 0 Å². The molecule has 8 heteroatoms. The first-order valence-corrected chi connectivity index (χ1v) is 11.5. The first-order valence-electron chi connectivity index (χ1n) is 11.5. The van der Waals surface area contributed by atoms with Crippen molar-refractivity contribution in [2.24, 2.45) is 0 Å². The number of piperazine rings is 1. The number of aromatic nitrogens is 4. The first-order chi connectivity index (χ1) is 16.2. The minimum Gasteiger partial charge on any atom is -0.497 e. The standard InChI is InChI=1S/C25H30N6O2/c1-19-27-21(18-33-19)16-31-24(28-23-4-3-10-26-25(23)31)17-30-14-12-29(13-15-30)11-9-20-5-7-22(32-2)8-6-20/h3-8,10,18H,9,11-17H2,1-2H3. The Labute approximate surface area is 193 Å². The smallest absolute Gasteiger partial charge is 0.191 e. The van der Waals surface area contributed by atoms with E-state index in [0.717, 1.165) is 74.1 Å². The molecule has 0 bridgehead atoms. The zero-order valence-electron chi connectivity index (χ0n) is 19.3. The lowest BCUT2D eigenvalue weighted by Crippen LogP contribution is -2.46. The van der Waals surface area contributed by atoms with E-state index < -0.39 is 0 Å². The fourth-order valence-corrected chi connectivity index (χ4v) is 4.39. The van der Waals surface area contributed by atoms with Gasteiger partial charge in [0, 0.05) is 45.8 Å². The van der Waals surface area contributed by atoms with Gasteiger partial charge in [0.2, 0.25) is 0 Å². The fourth-order valence-electron chi connectivity index (χ4n) is 4.39. The summed E-state index contributed by atoms with van der Waals surface area (Å²) in [6.45, 7) is 8.55. The molecule has 1 aliphatic heterocycles. The summed E-state index contributed by atoms with van der Waals surface area (Å²) in [5.41, 5.74) is 4.06. The third-order valence-electron chi connectivity index (χ3n) is 6.28. The maximum absolute atomic E-state index is 5.41. The number of ether oxygens (including phenoxy) is 1. The molecular formula is C25H30N6O2. The SMILES string of the molecule is COc1ccc(CCN2CCN(Cc3nc4cccnc4n3Cc3coc(C)n3)CC2)cc1. The third kappa shape index (κ3) is 5.07. The van der Waals surface area contributed by atoms with Crippen LogP contribution in [0.4, 0.5) is 0 Å². The summed E-state index contributed by atoms with van der Waals surface area (Å²) in [7, 11) is 1.70. The summed E-state index contributed by atoms with van der Waals surface area (Å²) in [4.78, 5) is 19.0. The van der Waals surface area contributed by atoms with Gasteiger partial charge in [-0.05, 0) is 36.2 Å². The number of aryl methyl sites for hydroxylation is 1. The lowest BCUT2D eigenvalue weighted by atomic mass is 10.1. The molecule has 3 aromatic heterocycles. The highest BCUT2D eigenvalue weighted by molar-refractivity contribution is 5.71. The van der Waals surface area contributed by atoms with Gasteiger partial charge < -0.3 is 18.6 Å². The number of imidazole rings is 1. The lowest BCUT2D eigenvalue weighted by Gasteiger charge is -2.34. The van der Waals surface area contributed by atoms with Gasteiger partial charge in [-0.15, -0.1) is 0 Å². The topological polar surface area (TPSA) is 72.5 Å². The van der Waals surface area contributed by atoms with E-state index in [1.165, 1.54) is 5.56 Å². The molecule has 0 radical (unpaired) electrons. The van der Waals surface area contributed by atoms with Crippen LogP contribution in [0.15, 0.2) is 53.3 Å². The van der Waals surface area contributed by atoms with E-state index in [0.29, 0.717) is 12.4 Å². The molecule has 1 aliphatic rings. The van der Waals surface area contributed by atoms with Gasteiger partial charge in [0.1, 0.15) is 23.4 Å². The minimum atomic E-state index is 0.613. The van der Waals surface area contributed by atoms with Crippen molar-refractivity contribution in [3.05, 3.63) is 71.8 Å². The van der Waals surface area contributed by atoms with E-state index in [1.807, 2.05) is 37.4 Å². The summed E-state index contributed by atoms with van der Waals surface area (Å²) < 4.78 is 12.8.